The smallest absolute Gasteiger partial charge is 0.0821 e. The highest BCUT2D eigenvalue weighted by atomic mass is 16.5. The highest BCUT2D eigenvalue weighted by Gasteiger charge is 1.80. The molecule has 0 heterocycles. The van der Waals surface area contributed by atoms with Gasteiger partial charge in [-0.05, 0) is 13.5 Å². The van der Waals surface area contributed by atoms with Crippen molar-refractivity contribution in [2.24, 2.45) is 0 Å². The van der Waals surface area contributed by atoms with Crippen LogP contribution in [-0.4, -0.2) is 25.4 Å². The third kappa shape index (κ3) is 5.88. The van der Waals surface area contributed by atoms with Gasteiger partial charge in [0, 0.05) is 6.61 Å². The Morgan fingerprint density at radius 2 is 2.25 bits per heavy atom. The van der Waals surface area contributed by atoms with E-state index in [2.05, 4.69) is 0 Å². The van der Waals surface area contributed by atoms with E-state index in [9.17, 15) is 0 Å². The van der Waals surface area contributed by atoms with E-state index in [1.807, 2.05) is 6.92 Å². The number of hydrogen-bond acceptors (Lipinski definition) is 2. The van der Waals surface area contributed by atoms with Crippen LogP contribution >= 0.6 is 0 Å². The van der Waals surface area contributed by atoms with Gasteiger partial charge in [0.1, 0.15) is 0 Å². The van der Waals surface area contributed by atoms with Gasteiger partial charge >= 0.3 is 0 Å². The zero-order valence-corrected chi connectivity index (χ0v) is 5.48. The average Bonchev–Trinajstić information content (AvgIpc) is 1.66. The molecule has 0 fully saturated rings. The number of nitrogens with zero attached hydrogens (tertiary/aromatic N) is 1. The Hall–Kier alpha value is -0.120. The Bertz CT molecular complexity index is 47.7. The summed E-state index contributed by atoms with van der Waals surface area (Å²) in [7, 11) is 1.66. The quantitative estimate of drug-likeness (QED) is 0.316. The Kier molecular flexibility index (Phi) is 4.95. The number of rotatable bonds is 4. The van der Waals surface area contributed by atoms with Crippen molar-refractivity contribution in [3.05, 3.63) is 5.84 Å². The van der Waals surface area contributed by atoms with Crippen LogP contribution < -0.4 is 0 Å². The van der Waals surface area contributed by atoms with Crippen LogP contribution in [0.3, 0.4) is 0 Å². The second-order valence-corrected chi connectivity index (χ2v) is 1.74. The average molecular weight is 117 g/mol. The fourth-order valence-electron chi connectivity index (χ4n) is 0.346. The van der Waals surface area contributed by atoms with Crippen LogP contribution in [0.4, 0.5) is 0 Å². The van der Waals surface area contributed by atoms with E-state index in [1.54, 1.807) is 7.05 Å². The number of hydrogen-bond donors (Lipinski definition) is 0. The minimum absolute atomic E-state index is 0.411. The van der Waals surface area contributed by atoms with E-state index in [4.69, 9.17) is 10.6 Å². The molecule has 8 heavy (non-hydrogen) atoms. The molecule has 3 heteroatoms. The first kappa shape index (κ1) is 7.88. The van der Waals surface area contributed by atoms with Crippen LogP contribution in [-0.2, 0) is 4.74 Å². The van der Waals surface area contributed by atoms with Gasteiger partial charge in [0.2, 0.25) is 0 Å². The second-order valence-electron chi connectivity index (χ2n) is 1.74. The molecule has 0 unspecified atom stereocenters. The zero-order chi connectivity index (χ0) is 6.41. The van der Waals surface area contributed by atoms with E-state index >= 15 is 0 Å². The van der Waals surface area contributed by atoms with Crippen LogP contribution in [0.25, 0.3) is 5.84 Å². The maximum atomic E-state index is 6.86. The molecule has 0 aromatic carbocycles. The fraction of sp³-hybridized carbons (Fsp3) is 1.00. The molecule has 0 aliphatic carbocycles. The molecule has 0 aromatic heterocycles. The van der Waals surface area contributed by atoms with Gasteiger partial charge in [0.25, 0.3) is 0 Å². The maximum Gasteiger partial charge on any atom is 0.0821 e. The lowest BCUT2D eigenvalue weighted by molar-refractivity contribution is 0.0667. The lowest BCUT2D eigenvalue weighted by Crippen LogP contribution is -2.12. The van der Waals surface area contributed by atoms with Crippen molar-refractivity contribution >= 4 is 0 Å². The summed E-state index contributed by atoms with van der Waals surface area (Å²) in [5.74, 6) is 6.86. The molecule has 0 rings (SSSR count). The van der Waals surface area contributed by atoms with Crippen LogP contribution in [0.5, 0.6) is 0 Å². The van der Waals surface area contributed by atoms with E-state index < -0.39 is 0 Å². The largest absolute Gasteiger partial charge is 0.608 e. The Morgan fingerprint density at radius 1 is 1.62 bits per heavy atom. The summed E-state index contributed by atoms with van der Waals surface area (Å²) in [6, 6.07) is 0. The number of ether oxygens (including phenoxy) is 1. The zero-order valence-electron chi connectivity index (χ0n) is 5.48. The van der Waals surface area contributed by atoms with Crippen molar-refractivity contribution in [3.8, 4) is 0 Å². The van der Waals surface area contributed by atoms with E-state index in [0.29, 0.717) is 6.73 Å². The third-order valence-electron chi connectivity index (χ3n) is 0.633. The molecule has 0 saturated carbocycles. The van der Waals surface area contributed by atoms with Gasteiger partial charge in [0.05, 0.1) is 6.73 Å². The Balaban J connectivity index is 2.72. The first-order valence-electron chi connectivity index (χ1n) is 2.77. The van der Waals surface area contributed by atoms with Crippen molar-refractivity contribution in [2.75, 3.05) is 20.4 Å². The molecule has 0 radical (unpaired) electrons. The van der Waals surface area contributed by atoms with E-state index in [1.165, 1.54) is 5.01 Å². The fourth-order valence-corrected chi connectivity index (χ4v) is 0.346. The SMILES string of the molecule is CCCOCN(C)[NH-]. The molecule has 3 nitrogen and oxygen atoms in total. The molecule has 0 saturated heterocycles. The molecule has 0 amide bonds. The van der Waals surface area contributed by atoms with Crippen molar-refractivity contribution in [1.82, 2.24) is 5.01 Å². The summed E-state index contributed by atoms with van der Waals surface area (Å²) in [6.45, 7) is 3.21. The molecule has 0 aliphatic heterocycles. The minimum Gasteiger partial charge on any atom is -0.608 e. The highest BCUT2D eigenvalue weighted by molar-refractivity contribution is 4.36. The maximum absolute atomic E-state index is 6.86. The standard InChI is InChI=1S/C5H13N2O/c1-3-4-8-5-7(2)6/h6H,3-5H2,1-2H3/q-1. The number of nitrogens with one attached hydrogen (secondary N) is 1. The molecule has 1 N–H and O–H groups in total. The lowest BCUT2D eigenvalue weighted by atomic mass is 10.5. The predicted octanol–water partition coefficient (Wildman–Crippen LogP) is 1.27. The van der Waals surface area contributed by atoms with Gasteiger partial charge in [-0.25, -0.2) is 0 Å². The monoisotopic (exact) mass is 117 g/mol. The lowest BCUT2D eigenvalue weighted by Gasteiger charge is -2.18. The Labute approximate surface area is 50.4 Å². The topological polar surface area (TPSA) is 36.3 Å². The van der Waals surface area contributed by atoms with Crippen LogP contribution in [0.2, 0.25) is 0 Å². The molecule has 0 aliphatic rings. The molecule has 50 valence electrons. The minimum atomic E-state index is 0.411. The summed E-state index contributed by atoms with van der Waals surface area (Å²) < 4.78 is 4.98. The van der Waals surface area contributed by atoms with Gasteiger partial charge in [-0.3, -0.25) is 0 Å². The van der Waals surface area contributed by atoms with Crippen LogP contribution in [0.15, 0.2) is 0 Å². The summed E-state index contributed by atoms with van der Waals surface area (Å²) in [5.41, 5.74) is 0. The van der Waals surface area contributed by atoms with E-state index in [-0.39, 0.29) is 0 Å². The second kappa shape index (κ2) is 5.03. The van der Waals surface area contributed by atoms with Gasteiger partial charge in [-0.2, -0.15) is 0 Å². The molecule has 0 atom stereocenters. The van der Waals surface area contributed by atoms with Gasteiger partial charge in [-0.15, -0.1) is 0 Å². The van der Waals surface area contributed by atoms with Crippen LogP contribution in [0, 0.1) is 0 Å². The summed E-state index contributed by atoms with van der Waals surface area (Å²) >= 11 is 0. The molecular weight excluding hydrogens is 104 g/mol. The molecular formula is C5H13N2O-. The highest BCUT2D eigenvalue weighted by Crippen LogP contribution is 1.83. The Morgan fingerprint density at radius 3 is 2.62 bits per heavy atom. The predicted molar refractivity (Wildman–Crippen MR) is 33.2 cm³/mol. The normalized spacial score (nSPS) is 10.5. The summed E-state index contributed by atoms with van der Waals surface area (Å²) in [4.78, 5) is 0. The van der Waals surface area contributed by atoms with Crippen molar-refractivity contribution in [1.29, 1.82) is 0 Å². The van der Waals surface area contributed by atoms with Crippen LogP contribution in [0.1, 0.15) is 13.3 Å². The van der Waals surface area contributed by atoms with Crippen molar-refractivity contribution in [2.45, 2.75) is 13.3 Å². The van der Waals surface area contributed by atoms with Crippen molar-refractivity contribution < 1.29 is 4.74 Å². The third-order valence-corrected chi connectivity index (χ3v) is 0.633. The van der Waals surface area contributed by atoms with Gasteiger partial charge in [-0.1, -0.05) is 6.92 Å². The summed E-state index contributed by atoms with van der Waals surface area (Å²) in [6.07, 6.45) is 1.02. The molecule has 0 bridgehead atoms. The van der Waals surface area contributed by atoms with Gasteiger partial charge < -0.3 is 15.6 Å². The van der Waals surface area contributed by atoms with Crippen molar-refractivity contribution in [3.63, 3.8) is 0 Å². The first-order chi connectivity index (χ1) is 3.77. The first-order valence-corrected chi connectivity index (χ1v) is 2.77. The van der Waals surface area contributed by atoms with E-state index in [0.717, 1.165) is 13.0 Å². The molecule has 0 aromatic rings. The summed E-state index contributed by atoms with van der Waals surface area (Å²) in [5, 5.41) is 1.26. The molecule has 0 spiro atoms. The van der Waals surface area contributed by atoms with Gasteiger partial charge in [0.15, 0.2) is 0 Å².